The number of hydrogen-bond acceptors (Lipinski definition) is 2. The summed E-state index contributed by atoms with van der Waals surface area (Å²) in [5.74, 6) is -0.887. The second kappa shape index (κ2) is 5.00. The van der Waals surface area contributed by atoms with Crippen molar-refractivity contribution in [3.05, 3.63) is 45.7 Å². The maximum atomic E-state index is 10.7. The van der Waals surface area contributed by atoms with Crippen LogP contribution in [0, 0.1) is 6.92 Å². The SMILES string of the molecule is Cc1c(CC(=O)O)cnn1-c1cc(Cl)cc(Cl)c1. The lowest BCUT2D eigenvalue weighted by Crippen LogP contribution is -2.03. The molecular weight excluding hydrogens is 275 g/mol. The van der Waals surface area contributed by atoms with E-state index < -0.39 is 5.97 Å². The highest BCUT2D eigenvalue weighted by Crippen LogP contribution is 2.23. The summed E-state index contributed by atoms with van der Waals surface area (Å²) in [5, 5.41) is 14.0. The highest BCUT2D eigenvalue weighted by atomic mass is 35.5. The molecule has 2 aromatic rings. The average Bonchev–Trinajstić information content (AvgIpc) is 2.58. The summed E-state index contributed by atoms with van der Waals surface area (Å²) in [6.07, 6.45) is 1.48. The molecule has 0 atom stereocenters. The molecule has 6 heteroatoms. The molecule has 0 spiro atoms. The Morgan fingerprint density at radius 1 is 1.33 bits per heavy atom. The normalized spacial score (nSPS) is 10.6. The number of carboxylic acids is 1. The Hall–Kier alpha value is -1.52. The molecule has 2 rings (SSSR count). The van der Waals surface area contributed by atoms with Crippen LogP contribution in [-0.4, -0.2) is 20.9 Å². The molecule has 0 aliphatic rings. The van der Waals surface area contributed by atoms with E-state index in [1.807, 2.05) is 0 Å². The third-order valence-corrected chi connectivity index (χ3v) is 2.98. The van der Waals surface area contributed by atoms with Crippen LogP contribution in [0.4, 0.5) is 0 Å². The van der Waals surface area contributed by atoms with E-state index in [1.54, 1.807) is 29.8 Å². The summed E-state index contributed by atoms with van der Waals surface area (Å²) in [6.45, 7) is 1.81. The smallest absolute Gasteiger partial charge is 0.307 e. The van der Waals surface area contributed by atoms with Gasteiger partial charge in [0, 0.05) is 21.3 Å². The van der Waals surface area contributed by atoms with Crippen molar-refractivity contribution >= 4 is 29.2 Å². The molecule has 0 saturated carbocycles. The molecule has 0 aliphatic heterocycles. The largest absolute Gasteiger partial charge is 0.481 e. The molecule has 0 amide bonds. The first-order valence-electron chi connectivity index (χ1n) is 5.19. The van der Waals surface area contributed by atoms with Crippen molar-refractivity contribution in [2.45, 2.75) is 13.3 Å². The fraction of sp³-hybridized carbons (Fsp3) is 0.167. The zero-order valence-corrected chi connectivity index (χ0v) is 11.0. The van der Waals surface area contributed by atoms with Crippen LogP contribution in [0.1, 0.15) is 11.3 Å². The van der Waals surface area contributed by atoms with Crippen LogP contribution in [-0.2, 0) is 11.2 Å². The van der Waals surface area contributed by atoms with Gasteiger partial charge in [-0.15, -0.1) is 0 Å². The van der Waals surface area contributed by atoms with Crippen LogP contribution in [0.15, 0.2) is 24.4 Å². The molecule has 0 saturated heterocycles. The van der Waals surface area contributed by atoms with E-state index in [4.69, 9.17) is 28.3 Å². The Labute approximate surface area is 114 Å². The van der Waals surface area contributed by atoms with Crippen molar-refractivity contribution in [1.29, 1.82) is 0 Å². The first-order valence-corrected chi connectivity index (χ1v) is 5.94. The van der Waals surface area contributed by atoms with E-state index in [9.17, 15) is 4.79 Å². The molecule has 1 N–H and O–H groups in total. The number of nitrogens with zero attached hydrogens (tertiary/aromatic N) is 2. The molecule has 0 radical (unpaired) electrons. The summed E-state index contributed by atoms with van der Waals surface area (Å²) >= 11 is 11.8. The summed E-state index contributed by atoms with van der Waals surface area (Å²) in [7, 11) is 0. The molecule has 1 aromatic carbocycles. The van der Waals surface area contributed by atoms with Gasteiger partial charge in [0.25, 0.3) is 0 Å². The number of aliphatic carboxylic acids is 1. The Kier molecular flexibility index (Phi) is 3.59. The predicted molar refractivity (Wildman–Crippen MR) is 69.7 cm³/mol. The van der Waals surface area contributed by atoms with E-state index in [2.05, 4.69) is 5.10 Å². The molecule has 18 heavy (non-hydrogen) atoms. The van der Waals surface area contributed by atoms with Crippen LogP contribution in [0.5, 0.6) is 0 Å². The van der Waals surface area contributed by atoms with Crippen LogP contribution >= 0.6 is 23.2 Å². The molecule has 0 aliphatic carbocycles. The second-order valence-electron chi connectivity index (χ2n) is 3.87. The lowest BCUT2D eigenvalue weighted by atomic mass is 10.2. The highest BCUT2D eigenvalue weighted by molar-refractivity contribution is 6.34. The highest BCUT2D eigenvalue weighted by Gasteiger charge is 2.11. The molecule has 94 valence electrons. The zero-order chi connectivity index (χ0) is 13.3. The summed E-state index contributed by atoms with van der Waals surface area (Å²) in [6, 6.07) is 5.07. The summed E-state index contributed by atoms with van der Waals surface area (Å²) < 4.78 is 1.62. The third-order valence-electron chi connectivity index (χ3n) is 2.55. The standard InChI is InChI=1S/C12H10Cl2N2O2/c1-7-8(2-12(17)18)6-15-16(7)11-4-9(13)3-10(14)5-11/h3-6H,2H2,1H3,(H,17,18). The number of carboxylic acid groups (broad SMARTS) is 1. The van der Waals surface area contributed by atoms with E-state index in [1.165, 1.54) is 6.20 Å². The van der Waals surface area contributed by atoms with Gasteiger partial charge in [0.15, 0.2) is 0 Å². The van der Waals surface area contributed by atoms with Crippen molar-refractivity contribution in [3.8, 4) is 5.69 Å². The van der Waals surface area contributed by atoms with Crippen molar-refractivity contribution in [1.82, 2.24) is 9.78 Å². The minimum atomic E-state index is -0.887. The van der Waals surface area contributed by atoms with Gasteiger partial charge in [0.1, 0.15) is 0 Å². The fourth-order valence-corrected chi connectivity index (χ4v) is 2.22. The first-order chi connectivity index (χ1) is 8.47. The number of hydrogen-bond donors (Lipinski definition) is 1. The van der Waals surface area contributed by atoms with Gasteiger partial charge in [0.2, 0.25) is 0 Å². The van der Waals surface area contributed by atoms with Gasteiger partial charge < -0.3 is 5.11 Å². The van der Waals surface area contributed by atoms with E-state index in [-0.39, 0.29) is 6.42 Å². The number of benzene rings is 1. The van der Waals surface area contributed by atoms with Gasteiger partial charge in [-0.05, 0) is 25.1 Å². The van der Waals surface area contributed by atoms with Crippen molar-refractivity contribution in [3.63, 3.8) is 0 Å². The number of halogens is 2. The van der Waals surface area contributed by atoms with Crippen LogP contribution in [0.25, 0.3) is 5.69 Å². The Morgan fingerprint density at radius 2 is 1.94 bits per heavy atom. The van der Waals surface area contributed by atoms with E-state index >= 15 is 0 Å². The first kappa shape index (κ1) is 12.9. The molecule has 1 heterocycles. The minimum Gasteiger partial charge on any atom is -0.481 e. The van der Waals surface area contributed by atoms with Crippen LogP contribution < -0.4 is 0 Å². The van der Waals surface area contributed by atoms with Gasteiger partial charge in [0.05, 0.1) is 18.3 Å². The lowest BCUT2D eigenvalue weighted by Gasteiger charge is -2.06. The molecule has 4 nitrogen and oxygen atoms in total. The monoisotopic (exact) mass is 284 g/mol. The summed E-state index contributed by atoms with van der Waals surface area (Å²) in [4.78, 5) is 10.7. The van der Waals surface area contributed by atoms with Crippen molar-refractivity contribution in [2.24, 2.45) is 0 Å². The van der Waals surface area contributed by atoms with Gasteiger partial charge in [-0.2, -0.15) is 5.10 Å². The summed E-state index contributed by atoms with van der Waals surface area (Å²) in [5.41, 5.74) is 2.14. The molecule has 0 fully saturated rings. The molecule has 1 aromatic heterocycles. The number of aromatic nitrogens is 2. The topological polar surface area (TPSA) is 55.1 Å². The Bertz CT molecular complexity index is 588. The number of rotatable bonds is 3. The van der Waals surface area contributed by atoms with Crippen LogP contribution in [0.2, 0.25) is 10.0 Å². The van der Waals surface area contributed by atoms with Gasteiger partial charge in [-0.1, -0.05) is 23.2 Å². The van der Waals surface area contributed by atoms with Gasteiger partial charge in [-0.25, -0.2) is 4.68 Å². The zero-order valence-electron chi connectivity index (χ0n) is 9.52. The van der Waals surface area contributed by atoms with E-state index in [0.717, 1.165) is 5.69 Å². The van der Waals surface area contributed by atoms with Gasteiger partial charge in [-0.3, -0.25) is 4.79 Å². The quantitative estimate of drug-likeness (QED) is 0.942. The third kappa shape index (κ3) is 2.66. The maximum Gasteiger partial charge on any atom is 0.307 e. The maximum absolute atomic E-state index is 10.7. The Morgan fingerprint density at radius 3 is 2.50 bits per heavy atom. The van der Waals surface area contributed by atoms with Crippen LogP contribution in [0.3, 0.4) is 0 Å². The molecule has 0 bridgehead atoms. The molecule has 0 unspecified atom stereocenters. The van der Waals surface area contributed by atoms with E-state index in [0.29, 0.717) is 21.3 Å². The van der Waals surface area contributed by atoms with Gasteiger partial charge >= 0.3 is 5.97 Å². The molecular formula is C12H10Cl2N2O2. The Balaban J connectivity index is 2.45. The fourth-order valence-electron chi connectivity index (χ4n) is 1.70. The van der Waals surface area contributed by atoms with Crippen molar-refractivity contribution in [2.75, 3.05) is 0 Å². The average molecular weight is 285 g/mol. The van der Waals surface area contributed by atoms with Crippen molar-refractivity contribution < 1.29 is 9.90 Å². The second-order valence-corrected chi connectivity index (χ2v) is 4.74. The minimum absolute atomic E-state index is 0.0554. The lowest BCUT2D eigenvalue weighted by molar-refractivity contribution is -0.136. The number of carbonyl (C=O) groups is 1. The predicted octanol–water partition coefficient (Wildman–Crippen LogP) is 3.11.